The van der Waals surface area contributed by atoms with E-state index in [1.807, 2.05) is 12.1 Å². The van der Waals surface area contributed by atoms with Gasteiger partial charge in [0.25, 0.3) is 0 Å². The normalized spacial score (nSPS) is 16.2. The first-order valence-electron chi connectivity index (χ1n) is 10.3. The molecular formula is C22H28N4O4S. The third kappa shape index (κ3) is 5.97. The predicted molar refractivity (Wildman–Crippen MR) is 121 cm³/mol. The topological polar surface area (TPSA) is 128 Å². The van der Waals surface area contributed by atoms with Crippen LogP contribution in [-0.4, -0.2) is 42.1 Å². The first-order valence-corrected chi connectivity index (χ1v) is 11.1. The molecule has 1 fully saturated rings. The Balaban J connectivity index is 1.80. The van der Waals surface area contributed by atoms with Gasteiger partial charge in [-0.25, -0.2) is 14.4 Å². The standard InChI is InChI=1S/C22H28N4O4S/c1-13(2)10-14-5-7-15(8-6-14)18-11-17(25-21(23)28)19(31-18)20(27)30-16-4-3-9-26(12-16)22(24)29/h5-8,11,13,16H,3-4,9-10,12H2,1-2H3,(H2,24,29)(H3,23,25,28). The summed E-state index contributed by atoms with van der Waals surface area (Å²) in [4.78, 5) is 38.3. The molecule has 1 aliphatic heterocycles. The molecule has 0 bridgehead atoms. The quantitative estimate of drug-likeness (QED) is 0.585. The van der Waals surface area contributed by atoms with E-state index in [0.717, 1.165) is 16.9 Å². The molecule has 0 saturated carbocycles. The molecule has 3 rings (SSSR count). The molecule has 9 heteroatoms. The fourth-order valence-corrected chi connectivity index (χ4v) is 4.63. The molecule has 1 saturated heterocycles. The van der Waals surface area contributed by atoms with Crippen molar-refractivity contribution >= 4 is 35.1 Å². The van der Waals surface area contributed by atoms with Crippen molar-refractivity contribution in [1.82, 2.24) is 4.90 Å². The van der Waals surface area contributed by atoms with Crippen LogP contribution in [0.5, 0.6) is 0 Å². The zero-order valence-electron chi connectivity index (χ0n) is 17.7. The summed E-state index contributed by atoms with van der Waals surface area (Å²) in [5.74, 6) is -0.00152. The molecule has 0 radical (unpaired) electrons. The van der Waals surface area contributed by atoms with E-state index in [2.05, 4.69) is 31.3 Å². The Hall–Kier alpha value is -3.07. The molecule has 8 nitrogen and oxygen atoms in total. The van der Waals surface area contributed by atoms with Crippen molar-refractivity contribution in [3.8, 4) is 10.4 Å². The predicted octanol–water partition coefficient (Wildman–Crippen LogP) is 3.80. The highest BCUT2D eigenvalue weighted by atomic mass is 32.1. The minimum Gasteiger partial charge on any atom is -0.456 e. The number of carbonyl (C=O) groups is 3. The molecule has 0 spiro atoms. The first-order chi connectivity index (χ1) is 14.7. The van der Waals surface area contributed by atoms with Gasteiger partial charge in [0.05, 0.1) is 12.2 Å². The summed E-state index contributed by atoms with van der Waals surface area (Å²) < 4.78 is 5.62. The first kappa shape index (κ1) is 22.6. The van der Waals surface area contributed by atoms with E-state index in [-0.39, 0.29) is 11.4 Å². The van der Waals surface area contributed by atoms with Gasteiger partial charge in [-0.3, -0.25) is 0 Å². The van der Waals surface area contributed by atoms with Crippen LogP contribution in [0.1, 0.15) is 41.9 Å². The minimum atomic E-state index is -0.761. The maximum absolute atomic E-state index is 12.9. The van der Waals surface area contributed by atoms with Gasteiger partial charge in [0.1, 0.15) is 11.0 Å². The summed E-state index contributed by atoms with van der Waals surface area (Å²) in [6.07, 6.45) is 1.88. The second-order valence-corrected chi connectivity index (χ2v) is 9.14. The Morgan fingerprint density at radius 3 is 2.55 bits per heavy atom. The molecular weight excluding hydrogens is 416 g/mol. The van der Waals surface area contributed by atoms with Crippen LogP contribution >= 0.6 is 11.3 Å². The van der Waals surface area contributed by atoms with Crippen molar-refractivity contribution in [2.24, 2.45) is 17.4 Å². The number of rotatable bonds is 6. The Morgan fingerprint density at radius 2 is 1.94 bits per heavy atom. The van der Waals surface area contributed by atoms with Gasteiger partial charge in [0, 0.05) is 11.4 Å². The second-order valence-electron chi connectivity index (χ2n) is 8.09. The molecule has 1 aliphatic rings. The van der Waals surface area contributed by atoms with Crippen molar-refractivity contribution in [2.45, 2.75) is 39.2 Å². The van der Waals surface area contributed by atoms with Gasteiger partial charge in [-0.05, 0) is 42.4 Å². The minimum absolute atomic E-state index is 0.259. The number of carbonyl (C=O) groups excluding carboxylic acids is 3. The van der Waals surface area contributed by atoms with Gasteiger partial charge in [-0.1, -0.05) is 38.1 Å². The van der Waals surface area contributed by atoms with Crippen LogP contribution in [0.15, 0.2) is 30.3 Å². The van der Waals surface area contributed by atoms with Gasteiger partial charge in [-0.15, -0.1) is 11.3 Å². The molecule has 1 unspecified atom stereocenters. The van der Waals surface area contributed by atoms with E-state index >= 15 is 0 Å². The maximum Gasteiger partial charge on any atom is 0.350 e. The van der Waals surface area contributed by atoms with E-state index in [0.29, 0.717) is 31.0 Å². The lowest BCUT2D eigenvalue weighted by atomic mass is 10.0. The summed E-state index contributed by atoms with van der Waals surface area (Å²) in [6, 6.07) is 8.56. The van der Waals surface area contributed by atoms with Crippen molar-refractivity contribution in [1.29, 1.82) is 0 Å². The van der Waals surface area contributed by atoms with Gasteiger partial charge in [0.2, 0.25) is 0 Å². The van der Waals surface area contributed by atoms with E-state index in [1.165, 1.54) is 21.8 Å². The molecule has 1 aromatic heterocycles. The second kappa shape index (κ2) is 9.82. The zero-order valence-corrected chi connectivity index (χ0v) is 18.5. The molecule has 2 aromatic rings. The van der Waals surface area contributed by atoms with Crippen molar-refractivity contribution in [3.63, 3.8) is 0 Å². The van der Waals surface area contributed by atoms with E-state index in [9.17, 15) is 14.4 Å². The largest absolute Gasteiger partial charge is 0.456 e. The van der Waals surface area contributed by atoms with Crippen molar-refractivity contribution in [3.05, 3.63) is 40.8 Å². The molecule has 2 heterocycles. The summed E-state index contributed by atoms with van der Waals surface area (Å²) in [5.41, 5.74) is 13.1. The SMILES string of the molecule is CC(C)Cc1ccc(-c2cc(NC(N)=O)c(C(=O)OC3CCCN(C(N)=O)C3)s2)cc1. The van der Waals surface area contributed by atoms with Crippen LogP contribution in [0.2, 0.25) is 0 Å². The fourth-order valence-electron chi connectivity index (χ4n) is 3.63. The molecule has 1 atom stereocenters. The van der Waals surface area contributed by atoms with Crippen LogP contribution in [0.25, 0.3) is 10.4 Å². The third-order valence-electron chi connectivity index (χ3n) is 5.02. The van der Waals surface area contributed by atoms with Gasteiger partial charge in [-0.2, -0.15) is 0 Å². The number of likely N-dealkylation sites (tertiary alicyclic amines) is 1. The molecule has 1 aromatic carbocycles. The molecule has 5 N–H and O–H groups in total. The van der Waals surface area contributed by atoms with Crippen LogP contribution in [0, 0.1) is 5.92 Å². The zero-order chi connectivity index (χ0) is 22.5. The number of esters is 1. The van der Waals surface area contributed by atoms with Crippen molar-refractivity contribution < 1.29 is 19.1 Å². The monoisotopic (exact) mass is 444 g/mol. The number of urea groups is 2. The Labute approximate surface area is 185 Å². The van der Waals surface area contributed by atoms with E-state index in [4.69, 9.17) is 16.2 Å². The summed E-state index contributed by atoms with van der Waals surface area (Å²) in [6.45, 7) is 5.15. The average Bonchev–Trinajstić information content (AvgIpc) is 3.11. The number of nitrogens with two attached hydrogens (primary N) is 2. The number of amides is 4. The van der Waals surface area contributed by atoms with Crippen LogP contribution in [-0.2, 0) is 11.2 Å². The number of hydrogen-bond acceptors (Lipinski definition) is 5. The average molecular weight is 445 g/mol. The number of ether oxygens (including phenoxy) is 1. The van der Waals surface area contributed by atoms with Gasteiger partial charge >= 0.3 is 18.0 Å². The number of thiophene rings is 1. The number of nitrogens with one attached hydrogen (secondary N) is 1. The number of piperidine rings is 1. The lowest BCUT2D eigenvalue weighted by Crippen LogP contribution is -2.46. The van der Waals surface area contributed by atoms with Crippen LogP contribution in [0.3, 0.4) is 0 Å². The highest BCUT2D eigenvalue weighted by molar-refractivity contribution is 7.18. The third-order valence-corrected chi connectivity index (χ3v) is 6.19. The van der Waals surface area contributed by atoms with Crippen LogP contribution in [0.4, 0.5) is 15.3 Å². The number of primary amides is 2. The Kier molecular flexibility index (Phi) is 7.17. The van der Waals surface area contributed by atoms with E-state index < -0.39 is 24.1 Å². The van der Waals surface area contributed by atoms with E-state index in [1.54, 1.807) is 6.07 Å². The maximum atomic E-state index is 12.9. The molecule has 31 heavy (non-hydrogen) atoms. The number of hydrogen-bond donors (Lipinski definition) is 3. The fraction of sp³-hybridized carbons (Fsp3) is 0.409. The number of nitrogens with zero attached hydrogens (tertiary/aromatic N) is 1. The lowest BCUT2D eigenvalue weighted by molar-refractivity contribution is 0.0134. The Morgan fingerprint density at radius 1 is 1.23 bits per heavy atom. The Bertz CT molecular complexity index is 955. The number of anilines is 1. The smallest absolute Gasteiger partial charge is 0.350 e. The summed E-state index contributed by atoms with van der Waals surface area (Å²) >= 11 is 1.23. The highest BCUT2D eigenvalue weighted by Gasteiger charge is 2.27. The molecule has 4 amide bonds. The lowest BCUT2D eigenvalue weighted by Gasteiger charge is -2.31. The van der Waals surface area contributed by atoms with Gasteiger partial charge < -0.3 is 26.4 Å². The highest BCUT2D eigenvalue weighted by Crippen LogP contribution is 2.36. The number of benzene rings is 1. The molecule has 166 valence electrons. The van der Waals surface area contributed by atoms with Crippen molar-refractivity contribution in [2.75, 3.05) is 18.4 Å². The van der Waals surface area contributed by atoms with Gasteiger partial charge in [0.15, 0.2) is 0 Å². The summed E-state index contributed by atoms with van der Waals surface area (Å²) in [5, 5.41) is 2.51. The summed E-state index contributed by atoms with van der Waals surface area (Å²) in [7, 11) is 0. The van der Waals surface area contributed by atoms with Crippen LogP contribution < -0.4 is 16.8 Å². The molecule has 0 aliphatic carbocycles.